The Hall–Kier alpha value is -2.41. The van der Waals surface area contributed by atoms with Crippen molar-refractivity contribution < 1.29 is 4.74 Å². The lowest BCUT2D eigenvalue weighted by atomic mass is 10.0. The van der Waals surface area contributed by atoms with E-state index >= 15 is 0 Å². The second kappa shape index (κ2) is 10.7. The zero-order valence-corrected chi connectivity index (χ0v) is 17.1. The number of ether oxygens (including phenoxy) is 1. The van der Waals surface area contributed by atoms with Crippen molar-refractivity contribution in [1.82, 2.24) is 25.2 Å². The van der Waals surface area contributed by atoms with Gasteiger partial charge in [-0.25, -0.2) is 9.97 Å². The lowest BCUT2D eigenvalue weighted by Crippen LogP contribution is -2.39. The fourth-order valence-corrected chi connectivity index (χ4v) is 2.85. The van der Waals surface area contributed by atoms with Gasteiger partial charge in [-0.05, 0) is 37.8 Å². The van der Waals surface area contributed by atoms with Crippen molar-refractivity contribution in [2.24, 2.45) is 10.9 Å². The molecule has 1 atom stereocenters. The first kappa shape index (κ1) is 20.9. The van der Waals surface area contributed by atoms with Gasteiger partial charge in [0.25, 0.3) is 0 Å². The van der Waals surface area contributed by atoms with E-state index in [4.69, 9.17) is 4.74 Å². The Bertz CT molecular complexity index is 708. The quantitative estimate of drug-likeness (QED) is 0.523. The normalized spacial score (nSPS) is 13.0. The van der Waals surface area contributed by atoms with E-state index in [2.05, 4.69) is 45.5 Å². The van der Waals surface area contributed by atoms with E-state index in [0.29, 0.717) is 12.5 Å². The number of aliphatic imine (C=N–C) groups is 1. The van der Waals surface area contributed by atoms with Crippen LogP contribution in [0.3, 0.4) is 0 Å². The highest BCUT2D eigenvalue weighted by Gasteiger charge is 2.13. The zero-order chi connectivity index (χ0) is 19.6. The molecule has 2 aromatic rings. The summed E-state index contributed by atoms with van der Waals surface area (Å²) in [6, 6.07) is 4.06. The summed E-state index contributed by atoms with van der Waals surface area (Å²) in [5, 5.41) is 6.68. The number of aryl methyl sites for hydroxylation is 1. The van der Waals surface area contributed by atoms with Crippen LogP contribution < -0.4 is 10.6 Å². The highest BCUT2D eigenvalue weighted by molar-refractivity contribution is 5.79. The Morgan fingerprint density at radius 3 is 2.63 bits per heavy atom. The van der Waals surface area contributed by atoms with Gasteiger partial charge >= 0.3 is 0 Å². The second-order valence-electron chi connectivity index (χ2n) is 6.75. The number of hydrogen-bond acceptors (Lipinski definition) is 4. The first-order valence-electron chi connectivity index (χ1n) is 9.56. The summed E-state index contributed by atoms with van der Waals surface area (Å²) in [6.07, 6.45) is 6.78. The third-order valence-electron chi connectivity index (χ3n) is 4.41. The molecule has 0 saturated heterocycles. The molecule has 0 amide bonds. The highest BCUT2D eigenvalue weighted by Crippen LogP contribution is 2.10. The maximum atomic E-state index is 5.78. The van der Waals surface area contributed by atoms with Gasteiger partial charge in [-0.15, -0.1) is 0 Å². The molecule has 0 fully saturated rings. The maximum Gasteiger partial charge on any atom is 0.191 e. The summed E-state index contributed by atoms with van der Waals surface area (Å²) in [5.74, 6) is 3.07. The van der Waals surface area contributed by atoms with Crippen LogP contribution in [-0.2, 0) is 11.3 Å². The minimum Gasteiger partial charge on any atom is -0.378 e. The van der Waals surface area contributed by atoms with E-state index in [9.17, 15) is 0 Å². The van der Waals surface area contributed by atoms with Crippen LogP contribution in [0.1, 0.15) is 38.6 Å². The average molecular weight is 373 g/mol. The number of aromatic nitrogens is 3. The Labute approximate surface area is 162 Å². The Balaban J connectivity index is 1.81. The molecule has 2 heterocycles. The Morgan fingerprint density at radius 2 is 2.07 bits per heavy atom. The van der Waals surface area contributed by atoms with E-state index in [0.717, 1.165) is 42.7 Å². The first-order chi connectivity index (χ1) is 13.0. The Morgan fingerprint density at radius 1 is 1.26 bits per heavy atom. The molecule has 7 nitrogen and oxygen atoms in total. The predicted octanol–water partition coefficient (Wildman–Crippen LogP) is 2.69. The van der Waals surface area contributed by atoms with E-state index in [-0.39, 0.29) is 6.10 Å². The molecule has 0 aliphatic heterocycles. The number of pyridine rings is 1. The molecular formula is C20H32N6O. The SMILES string of the molecule is CCOC(CCNC(=NC)NCc1ccc(-n2ccnc2C)nc1)C(C)C. The van der Waals surface area contributed by atoms with Gasteiger partial charge in [0.2, 0.25) is 0 Å². The largest absolute Gasteiger partial charge is 0.378 e. The van der Waals surface area contributed by atoms with Gasteiger partial charge in [-0.1, -0.05) is 19.9 Å². The van der Waals surface area contributed by atoms with Crippen LogP contribution in [0.2, 0.25) is 0 Å². The molecule has 27 heavy (non-hydrogen) atoms. The van der Waals surface area contributed by atoms with Crippen LogP contribution in [0.5, 0.6) is 0 Å². The maximum absolute atomic E-state index is 5.78. The van der Waals surface area contributed by atoms with Crippen LogP contribution in [0.4, 0.5) is 0 Å². The fourth-order valence-electron chi connectivity index (χ4n) is 2.85. The molecule has 2 aromatic heterocycles. The molecule has 0 spiro atoms. The second-order valence-corrected chi connectivity index (χ2v) is 6.75. The fraction of sp³-hybridized carbons (Fsp3) is 0.550. The molecule has 2 N–H and O–H groups in total. The van der Waals surface area contributed by atoms with Gasteiger partial charge < -0.3 is 15.4 Å². The number of nitrogens with zero attached hydrogens (tertiary/aromatic N) is 4. The van der Waals surface area contributed by atoms with Crippen LogP contribution in [0, 0.1) is 12.8 Å². The number of rotatable bonds is 9. The van der Waals surface area contributed by atoms with Crippen molar-refractivity contribution in [2.75, 3.05) is 20.2 Å². The summed E-state index contributed by atoms with van der Waals surface area (Å²) in [5.41, 5.74) is 1.09. The molecule has 148 valence electrons. The van der Waals surface area contributed by atoms with E-state index < -0.39 is 0 Å². The van der Waals surface area contributed by atoms with Crippen LogP contribution in [0.25, 0.3) is 5.82 Å². The third-order valence-corrected chi connectivity index (χ3v) is 4.41. The van der Waals surface area contributed by atoms with Crippen molar-refractivity contribution in [3.05, 3.63) is 42.1 Å². The molecule has 0 aliphatic carbocycles. The molecule has 0 aliphatic rings. The highest BCUT2D eigenvalue weighted by atomic mass is 16.5. The Kier molecular flexibility index (Phi) is 8.26. The van der Waals surface area contributed by atoms with Gasteiger partial charge in [-0.3, -0.25) is 9.56 Å². The minimum absolute atomic E-state index is 0.268. The minimum atomic E-state index is 0.268. The number of imidazole rings is 1. The summed E-state index contributed by atoms with van der Waals surface area (Å²) >= 11 is 0. The van der Waals surface area contributed by atoms with Gasteiger partial charge in [0.15, 0.2) is 5.96 Å². The topological polar surface area (TPSA) is 76.4 Å². The molecule has 1 unspecified atom stereocenters. The number of hydrogen-bond donors (Lipinski definition) is 2. The standard InChI is InChI=1S/C20H32N6O/c1-6-27-18(15(2)3)9-10-23-20(21-5)25-14-17-7-8-19(24-13-17)26-12-11-22-16(26)4/h7-8,11-13,15,18H,6,9-10,14H2,1-5H3,(H2,21,23,25). The zero-order valence-electron chi connectivity index (χ0n) is 17.1. The lowest BCUT2D eigenvalue weighted by molar-refractivity contribution is 0.0258. The van der Waals surface area contributed by atoms with E-state index in [1.165, 1.54) is 0 Å². The van der Waals surface area contributed by atoms with Gasteiger partial charge in [0, 0.05) is 45.3 Å². The van der Waals surface area contributed by atoms with Gasteiger partial charge in [0.1, 0.15) is 11.6 Å². The van der Waals surface area contributed by atoms with Gasteiger partial charge in [-0.2, -0.15) is 0 Å². The van der Waals surface area contributed by atoms with Crippen molar-refractivity contribution in [3.63, 3.8) is 0 Å². The van der Waals surface area contributed by atoms with Crippen molar-refractivity contribution >= 4 is 5.96 Å². The summed E-state index contributed by atoms with van der Waals surface area (Å²) in [4.78, 5) is 13.0. The molecule has 0 aromatic carbocycles. The summed E-state index contributed by atoms with van der Waals surface area (Å²) < 4.78 is 7.74. The van der Waals surface area contributed by atoms with E-state index in [1.807, 2.05) is 36.9 Å². The average Bonchev–Trinajstić information content (AvgIpc) is 3.09. The molecule has 7 heteroatoms. The van der Waals surface area contributed by atoms with Crippen LogP contribution in [0.15, 0.2) is 35.7 Å². The molecular weight excluding hydrogens is 340 g/mol. The van der Waals surface area contributed by atoms with E-state index in [1.54, 1.807) is 13.2 Å². The summed E-state index contributed by atoms with van der Waals surface area (Å²) in [7, 11) is 1.78. The number of guanidine groups is 1. The van der Waals surface area contributed by atoms with Gasteiger partial charge in [0.05, 0.1) is 6.10 Å². The third kappa shape index (κ3) is 6.36. The number of nitrogens with one attached hydrogen (secondary N) is 2. The predicted molar refractivity (Wildman–Crippen MR) is 109 cm³/mol. The molecule has 2 rings (SSSR count). The smallest absolute Gasteiger partial charge is 0.191 e. The summed E-state index contributed by atoms with van der Waals surface area (Å²) in [6.45, 7) is 10.6. The molecule has 0 bridgehead atoms. The lowest BCUT2D eigenvalue weighted by Gasteiger charge is -2.21. The van der Waals surface area contributed by atoms with Crippen molar-refractivity contribution in [3.8, 4) is 5.82 Å². The van der Waals surface area contributed by atoms with Crippen molar-refractivity contribution in [1.29, 1.82) is 0 Å². The molecule has 0 saturated carbocycles. The van der Waals surface area contributed by atoms with Crippen LogP contribution >= 0.6 is 0 Å². The van der Waals surface area contributed by atoms with Crippen LogP contribution in [-0.4, -0.2) is 46.8 Å². The molecule has 0 radical (unpaired) electrons. The monoisotopic (exact) mass is 372 g/mol. The first-order valence-corrected chi connectivity index (χ1v) is 9.56. The van der Waals surface area contributed by atoms with Crippen molar-refractivity contribution in [2.45, 2.75) is 46.8 Å².